The first-order chi connectivity index (χ1) is 9.70. The van der Waals surface area contributed by atoms with E-state index in [1.807, 2.05) is 49.4 Å². The van der Waals surface area contributed by atoms with Gasteiger partial charge in [-0.1, -0.05) is 40.2 Å². The van der Waals surface area contributed by atoms with Crippen molar-refractivity contribution in [2.45, 2.75) is 6.92 Å². The first-order valence-corrected chi connectivity index (χ1v) is 7.15. The molecule has 0 N–H and O–H groups in total. The molecule has 3 rings (SSSR count). The molecule has 0 unspecified atom stereocenters. The fourth-order valence-electron chi connectivity index (χ4n) is 2.25. The minimum absolute atomic E-state index is 0.154. The van der Waals surface area contributed by atoms with E-state index in [-0.39, 0.29) is 11.3 Å². The van der Waals surface area contributed by atoms with Gasteiger partial charge in [-0.2, -0.15) is 0 Å². The summed E-state index contributed by atoms with van der Waals surface area (Å²) in [5.41, 5.74) is 0.574. The Kier molecular flexibility index (Phi) is 3.40. The van der Waals surface area contributed by atoms with Crippen molar-refractivity contribution in [3.05, 3.63) is 57.2 Å². The summed E-state index contributed by atoms with van der Waals surface area (Å²) in [6.07, 6.45) is 0. The number of benzene rings is 2. The molecule has 0 spiro atoms. The molecule has 0 radical (unpaired) electrons. The van der Waals surface area contributed by atoms with Gasteiger partial charge in [0.25, 0.3) is 5.88 Å². The van der Waals surface area contributed by atoms with Crippen molar-refractivity contribution in [1.82, 2.24) is 4.98 Å². The van der Waals surface area contributed by atoms with Crippen LogP contribution in [0.2, 0.25) is 0 Å². The van der Waals surface area contributed by atoms with Gasteiger partial charge in [-0.15, -0.1) is 0 Å². The highest BCUT2D eigenvalue weighted by molar-refractivity contribution is 9.10. The minimum Gasteiger partial charge on any atom is -0.475 e. The summed E-state index contributed by atoms with van der Waals surface area (Å²) in [5, 5.41) is 2.43. The maximum absolute atomic E-state index is 12.5. The van der Waals surface area contributed by atoms with Crippen LogP contribution in [-0.2, 0) is 0 Å². The molecule has 0 atom stereocenters. The first-order valence-electron chi connectivity index (χ1n) is 6.36. The predicted octanol–water partition coefficient (Wildman–Crippen LogP) is 3.91. The Bertz CT molecular complexity index is 862. The van der Waals surface area contributed by atoms with Gasteiger partial charge in [0.2, 0.25) is 5.43 Å². The van der Waals surface area contributed by atoms with E-state index in [1.165, 1.54) is 0 Å². The van der Waals surface area contributed by atoms with Crippen LogP contribution in [0.3, 0.4) is 0 Å². The van der Waals surface area contributed by atoms with Crippen LogP contribution >= 0.6 is 15.9 Å². The summed E-state index contributed by atoms with van der Waals surface area (Å²) in [4.78, 5) is 16.9. The molecule has 0 aliphatic carbocycles. The van der Waals surface area contributed by atoms with Crippen LogP contribution in [-0.4, -0.2) is 11.6 Å². The van der Waals surface area contributed by atoms with Gasteiger partial charge < -0.3 is 4.74 Å². The fraction of sp³-hybridized carbons (Fsp3) is 0.125. The van der Waals surface area contributed by atoms with Crippen molar-refractivity contribution in [2.75, 3.05) is 6.61 Å². The Labute approximate surface area is 124 Å². The lowest BCUT2D eigenvalue weighted by atomic mass is 10.1. The molecule has 0 saturated carbocycles. The second-order valence-electron chi connectivity index (χ2n) is 4.39. The van der Waals surface area contributed by atoms with Crippen molar-refractivity contribution >= 4 is 37.6 Å². The Morgan fingerprint density at radius 1 is 1.10 bits per heavy atom. The van der Waals surface area contributed by atoms with Crippen LogP contribution in [0.15, 0.2) is 51.7 Å². The van der Waals surface area contributed by atoms with Gasteiger partial charge >= 0.3 is 0 Å². The molecule has 3 nitrogen and oxygen atoms in total. The molecule has 20 heavy (non-hydrogen) atoms. The van der Waals surface area contributed by atoms with Crippen LogP contribution < -0.4 is 10.2 Å². The van der Waals surface area contributed by atoms with E-state index < -0.39 is 0 Å². The lowest BCUT2D eigenvalue weighted by molar-refractivity contribution is 0.325. The molecule has 0 saturated heterocycles. The third-order valence-electron chi connectivity index (χ3n) is 3.12. The number of aromatic nitrogens is 1. The number of halogens is 1. The molecule has 4 heteroatoms. The average molecular weight is 330 g/mol. The van der Waals surface area contributed by atoms with Gasteiger partial charge in [-0.25, -0.2) is 4.98 Å². The molecule has 100 valence electrons. The van der Waals surface area contributed by atoms with Gasteiger partial charge in [0.05, 0.1) is 12.1 Å². The molecule has 1 aromatic heterocycles. The van der Waals surface area contributed by atoms with Crippen molar-refractivity contribution in [3.8, 4) is 5.88 Å². The predicted molar refractivity (Wildman–Crippen MR) is 84.4 cm³/mol. The smallest absolute Gasteiger partial charge is 0.263 e. The van der Waals surface area contributed by atoms with E-state index in [9.17, 15) is 4.79 Å². The monoisotopic (exact) mass is 329 g/mol. The molecular formula is C16H12BrNO2. The standard InChI is InChI=1S/C16H12BrNO2/c1-2-20-16-15(19)12-6-4-3-5-11(12)13-9-10(17)7-8-14(13)18-16/h3-9H,2H2,1H3. The van der Waals surface area contributed by atoms with Crippen molar-refractivity contribution in [3.63, 3.8) is 0 Å². The Morgan fingerprint density at radius 2 is 1.85 bits per heavy atom. The third kappa shape index (κ3) is 2.16. The Morgan fingerprint density at radius 3 is 2.60 bits per heavy atom. The van der Waals surface area contributed by atoms with Crippen LogP contribution in [0.4, 0.5) is 0 Å². The van der Waals surface area contributed by atoms with Crippen LogP contribution in [0.1, 0.15) is 6.92 Å². The lowest BCUT2D eigenvalue weighted by Gasteiger charge is -1.97. The lowest BCUT2D eigenvalue weighted by Crippen LogP contribution is -2.07. The van der Waals surface area contributed by atoms with E-state index in [2.05, 4.69) is 20.9 Å². The van der Waals surface area contributed by atoms with E-state index in [1.54, 1.807) is 0 Å². The van der Waals surface area contributed by atoms with Crippen molar-refractivity contribution < 1.29 is 4.74 Å². The third-order valence-corrected chi connectivity index (χ3v) is 3.61. The minimum atomic E-state index is -0.172. The van der Waals surface area contributed by atoms with Crippen LogP contribution in [0, 0.1) is 0 Å². The normalized spacial score (nSPS) is 10.9. The number of hydrogen-bond acceptors (Lipinski definition) is 3. The SMILES string of the molecule is CCOc1nc2ccc(Br)cc2c2ccccc2c1=O. The molecule has 0 fully saturated rings. The van der Waals surface area contributed by atoms with E-state index in [0.717, 1.165) is 20.8 Å². The molecule has 0 bridgehead atoms. The fourth-order valence-corrected chi connectivity index (χ4v) is 2.61. The largest absolute Gasteiger partial charge is 0.475 e. The zero-order valence-corrected chi connectivity index (χ0v) is 12.5. The number of rotatable bonds is 2. The Balaban J connectivity index is 2.59. The zero-order chi connectivity index (χ0) is 14.1. The van der Waals surface area contributed by atoms with E-state index in [4.69, 9.17) is 4.74 Å². The summed E-state index contributed by atoms with van der Waals surface area (Å²) in [5.74, 6) is 0.154. The van der Waals surface area contributed by atoms with Crippen molar-refractivity contribution in [2.24, 2.45) is 0 Å². The summed E-state index contributed by atoms with van der Waals surface area (Å²) < 4.78 is 6.36. The van der Waals surface area contributed by atoms with Gasteiger partial charge in [0, 0.05) is 15.2 Å². The molecule has 0 aliphatic heterocycles. The van der Waals surface area contributed by atoms with E-state index in [0.29, 0.717) is 12.0 Å². The quantitative estimate of drug-likeness (QED) is 0.715. The highest BCUT2D eigenvalue weighted by Crippen LogP contribution is 2.25. The molecular weight excluding hydrogens is 318 g/mol. The van der Waals surface area contributed by atoms with Gasteiger partial charge in [0.1, 0.15) is 0 Å². The topological polar surface area (TPSA) is 39.2 Å². The van der Waals surface area contributed by atoms with Crippen molar-refractivity contribution in [1.29, 1.82) is 0 Å². The summed E-state index contributed by atoms with van der Waals surface area (Å²) >= 11 is 3.46. The number of ether oxygens (including phenoxy) is 1. The van der Waals surface area contributed by atoms with E-state index >= 15 is 0 Å². The van der Waals surface area contributed by atoms with Gasteiger partial charge in [-0.3, -0.25) is 4.79 Å². The number of fused-ring (bicyclic) bond motifs is 3. The summed E-state index contributed by atoms with van der Waals surface area (Å²) in [6, 6.07) is 13.3. The first kappa shape index (κ1) is 13.1. The number of nitrogens with zero attached hydrogens (tertiary/aromatic N) is 1. The maximum atomic E-state index is 12.5. The molecule has 0 amide bonds. The zero-order valence-electron chi connectivity index (χ0n) is 10.9. The highest BCUT2D eigenvalue weighted by atomic mass is 79.9. The van der Waals surface area contributed by atoms with Gasteiger partial charge in [0.15, 0.2) is 0 Å². The summed E-state index contributed by atoms with van der Waals surface area (Å²) in [7, 11) is 0. The van der Waals surface area contributed by atoms with Crippen LogP contribution in [0.25, 0.3) is 21.7 Å². The maximum Gasteiger partial charge on any atom is 0.263 e. The average Bonchev–Trinajstić information content (AvgIpc) is 2.57. The highest BCUT2D eigenvalue weighted by Gasteiger charge is 2.09. The number of hydrogen-bond donors (Lipinski definition) is 0. The molecule has 0 aliphatic rings. The van der Waals surface area contributed by atoms with Gasteiger partial charge in [-0.05, 0) is 30.5 Å². The molecule has 3 aromatic rings. The Hall–Kier alpha value is -1.94. The summed E-state index contributed by atoms with van der Waals surface area (Å²) in [6.45, 7) is 2.26. The molecule has 2 aromatic carbocycles. The second-order valence-corrected chi connectivity index (χ2v) is 5.30. The second kappa shape index (κ2) is 5.21. The van der Waals surface area contributed by atoms with Crippen LogP contribution in [0.5, 0.6) is 5.88 Å². The molecule has 1 heterocycles.